The quantitative estimate of drug-likeness (QED) is 0.572. The van der Waals surface area contributed by atoms with Gasteiger partial charge in [-0.3, -0.25) is 24.1 Å². The van der Waals surface area contributed by atoms with Gasteiger partial charge in [0, 0.05) is 37.6 Å². The molecule has 0 aliphatic carbocycles. The number of hydrogen-bond donors (Lipinski definition) is 2. The topological polar surface area (TPSA) is 110 Å². The van der Waals surface area contributed by atoms with Crippen LogP contribution in [-0.4, -0.2) is 41.1 Å². The lowest BCUT2D eigenvalue weighted by Crippen LogP contribution is -2.39. The van der Waals surface area contributed by atoms with E-state index in [-0.39, 0.29) is 31.3 Å². The number of rotatable bonds is 6. The Balaban J connectivity index is 2.31. The van der Waals surface area contributed by atoms with Crippen molar-refractivity contribution in [2.45, 2.75) is 25.8 Å². The molecule has 0 aromatic heterocycles. The maximum atomic E-state index is 11.5. The molecule has 0 radical (unpaired) electrons. The fourth-order valence-electron chi connectivity index (χ4n) is 1.56. The van der Waals surface area contributed by atoms with Crippen LogP contribution in [0.2, 0.25) is 0 Å². The molecular weight excluding hydrogens is 238 g/mol. The molecule has 7 nitrogen and oxygen atoms in total. The monoisotopic (exact) mass is 253 g/mol. The minimum absolute atomic E-state index is 0.00224. The van der Waals surface area contributed by atoms with Crippen molar-refractivity contribution < 1.29 is 19.2 Å². The molecule has 0 saturated heterocycles. The van der Waals surface area contributed by atoms with Crippen LogP contribution in [0.25, 0.3) is 0 Å². The highest BCUT2D eigenvalue weighted by Gasteiger charge is 2.23. The Bertz CT molecular complexity index is 399. The Hall–Kier alpha value is -2.18. The van der Waals surface area contributed by atoms with E-state index in [9.17, 15) is 19.2 Å². The molecule has 0 aromatic carbocycles. The SMILES string of the molecule is CC(CC(N)=O)NC(=O)CCN1C(=O)C=CC1=O. The molecule has 1 rings (SSSR count). The molecule has 98 valence electrons. The van der Waals surface area contributed by atoms with Crippen LogP contribution in [0.1, 0.15) is 19.8 Å². The van der Waals surface area contributed by atoms with Crippen molar-refractivity contribution in [3.63, 3.8) is 0 Å². The molecule has 1 unspecified atom stereocenters. The highest BCUT2D eigenvalue weighted by Crippen LogP contribution is 2.04. The Morgan fingerprint density at radius 2 is 1.89 bits per heavy atom. The van der Waals surface area contributed by atoms with Crippen LogP contribution in [0.4, 0.5) is 0 Å². The van der Waals surface area contributed by atoms with Crippen molar-refractivity contribution >= 4 is 23.6 Å². The molecule has 0 bridgehead atoms. The lowest BCUT2D eigenvalue weighted by molar-refractivity contribution is -0.137. The summed E-state index contributed by atoms with van der Waals surface area (Å²) in [5, 5.41) is 2.56. The fraction of sp³-hybridized carbons (Fsp3) is 0.455. The van der Waals surface area contributed by atoms with Gasteiger partial charge in [0.15, 0.2) is 0 Å². The van der Waals surface area contributed by atoms with Crippen LogP contribution < -0.4 is 11.1 Å². The Kier molecular flexibility index (Phi) is 4.59. The van der Waals surface area contributed by atoms with Gasteiger partial charge in [-0.1, -0.05) is 0 Å². The van der Waals surface area contributed by atoms with Gasteiger partial charge in [0.05, 0.1) is 0 Å². The van der Waals surface area contributed by atoms with Crippen molar-refractivity contribution in [1.82, 2.24) is 10.2 Å². The van der Waals surface area contributed by atoms with E-state index in [1.54, 1.807) is 6.92 Å². The Labute approximate surface area is 104 Å². The van der Waals surface area contributed by atoms with Gasteiger partial charge in [-0.05, 0) is 6.92 Å². The van der Waals surface area contributed by atoms with Crippen LogP contribution in [0.5, 0.6) is 0 Å². The third-order valence-corrected chi connectivity index (χ3v) is 2.38. The van der Waals surface area contributed by atoms with E-state index in [0.29, 0.717) is 0 Å². The van der Waals surface area contributed by atoms with Crippen LogP contribution in [-0.2, 0) is 19.2 Å². The van der Waals surface area contributed by atoms with Crippen molar-refractivity contribution in [2.75, 3.05) is 6.54 Å². The van der Waals surface area contributed by atoms with Crippen LogP contribution in [0.15, 0.2) is 12.2 Å². The predicted molar refractivity (Wildman–Crippen MR) is 61.9 cm³/mol. The molecule has 1 heterocycles. The first-order valence-corrected chi connectivity index (χ1v) is 5.51. The lowest BCUT2D eigenvalue weighted by atomic mass is 10.2. The molecule has 7 heteroatoms. The third-order valence-electron chi connectivity index (χ3n) is 2.38. The summed E-state index contributed by atoms with van der Waals surface area (Å²) in [6, 6.07) is -0.363. The minimum Gasteiger partial charge on any atom is -0.370 e. The minimum atomic E-state index is -0.503. The van der Waals surface area contributed by atoms with E-state index >= 15 is 0 Å². The first kappa shape index (κ1) is 13.9. The van der Waals surface area contributed by atoms with E-state index in [0.717, 1.165) is 17.1 Å². The maximum absolute atomic E-state index is 11.5. The summed E-state index contributed by atoms with van der Waals surface area (Å²) >= 11 is 0. The second-order valence-electron chi connectivity index (χ2n) is 4.05. The van der Waals surface area contributed by atoms with Gasteiger partial charge in [0.2, 0.25) is 11.8 Å². The van der Waals surface area contributed by atoms with Crippen molar-refractivity contribution in [3.05, 3.63) is 12.2 Å². The number of carbonyl (C=O) groups is 4. The van der Waals surface area contributed by atoms with Gasteiger partial charge in [-0.2, -0.15) is 0 Å². The molecule has 1 atom stereocenters. The summed E-state index contributed by atoms with van der Waals surface area (Å²) in [5.41, 5.74) is 4.98. The van der Waals surface area contributed by atoms with E-state index in [1.165, 1.54) is 0 Å². The van der Waals surface area contributed by atoms with E-state index in [1.807, 2.05) is 0 Å². The zero-order valence-electron chi connectivity index (χ0n) is 10.0. The number of nitrogens with one attached hydrogen (secondary N) is 1. The van der Waals surface area contributed by atoms with Crippen LogP contribution in [0.3, 0.4) is 0 Å². The third kappa shape index (κ3) is 4.00. The fourth-order valence-corrected chi connectivity index (χ4v) is 1.56. The van der Waals surface area contributed by atoms with Crippen molar-refractivity contribution in [3.8, 4) is 0 Å². The average Bonchev–Trinajstić information content (AvgIpc) is 2.54. The normalized spacial score (nSPS) is 15.9. The lowest BCUT2D eigenvalue weighted by Gasteiger charge is -2.15. The molecule has 1 aliphatic heterocycles. The number of amides is 4. The van der Waals surface area contributed by atoms with Crippen LogP contribution in [0, 0.1) is 0 Å². The molecule has 3 N–H and O–H groups in total. The first-order valence-electron chi connectivity index (χ1n) is 5.51. The summed E-state index contributed by atoms with van der Waals surface area (Å²) < 4.78 is 0. The van der Waals surface area contributed by atoms with Gasteiger partial charge in [0.25, 0.3) is 11.8 Å². The molecule has 1 aliphatic rings. The van der Waals surface area contributed by atoms with Gasteiger partial charge >= 0.3 is 0 Å². The number of nitrogens with zero attached hydrogens (tertiary/aromatic N) is 1. The molecule has 0 spiro atoms. The number of carbonyl (C=O) groups excluding carboxylic acids is 4. The summed E-state index contributed by atoms with van der Waals surface area (Å²) in [6.45, 7) is 1.68. The molecule has 18 heavy (non-hydrogen) atoms. The second-order valence-corrected chi connectivity index (χ2v) is 4.05. The summed E-state index contributed by atoms with van der Waals surface area (Å²) in [4.78, 5) is 45.4. The first-order chi connectivity index (χ1) is 8.40. The highest BCUT2D eigenvalue weighted by molar-refractivity contribution is 6.13. The smallest absolute Gasteiger partial charge is 0.253 e. The van der Waals surface area contributed by atoms with E-state index in [4.69, 9.17) is 5.73 Å². The molecule has 4 amide bonds. The second kappa shape index (κ2) is 5.95. The van der Waals surface area contributed by atoms with Gasteiger partial charge in [-0.15, -0.1) is 0 Å². The predicted octanol–water partition coefficient (Wildman–Crippen LogP) is -1.32. The summed E-state index contributed by atoms with van der Waals surface area (Å²) in [6.07, 6.45) is 2.38. The number of nitrogens with two attached hydrogens (primary N) is 1. The zero-order valence-corrected chi connectivity index (χ0v) is 10.0. The number of primary amides is 1. The van der Waals surface area contributed by atoms with Crippen molar-refractivity contribution in [1.29, 1.82) is 0 Å². The molecule has 0 aromatic rings. The number of hydrogen-bond acceptors (Lipinski definition) is 4. The Morgan fingerprint density at radius 1 is 1.33 bits per heavy atom. The van der Waals surface area contributed by atoms with Crippen molar-refractivity contribution in [2.24, 2.45) is 5.73 Å². The molecular formula is C11H15N3O4. The average molecular weight is 253 g/mol. The maximum Gasteiger partial charge on any atom is 0.253 e. The molecule has 0 saturated carbocycles. The van der Waals surface area contributed by atoms with Gasteiger partial charge < -0.3 is 11.1 Å². The Morgan fingerprint density at radius 3 is 2.39 bits per heavy atom. The van der Waals surface area contributed by atoms with E-state index < -0.39 is 17.7 Å². The van der Waals surface area contributed by atoms with Crippen LogP contribution >= 0.6 is 0 Å². The van der Waals surface area contributed by atoms with Gasteiger partial charge in [-0.25, -0.2) is 0 Å². The number of imide groups is 1. The largest absolute Gasteiger partial charge is 0.370 e. The zero-order chi connectivity index (χ0) is 13.7. The summed E-state index contributed by atoms with van der Waals surface area (Å²) in [7, 11) is 0. The molecule has 0 fully saturated rings. The summed E-state index contributed by atoms with van der Waals surface area (Å²) in [5.74, 6) is -1.68. The standard InChI is InChI=1S/C11H15N3O4/c1-7(6-8(12)15)13-9(16)4-5-14-10(17)2-3-11(14)18/h2-3,7H,4-6H2,1H3,(H2,12,15)(H,13,16). The highest BCUT2D eigenvalue weighted by atomic mass is 16.2. The van der Waals surface area contributed by atoms with Gasteiger partial charge in [0.1, 0.15) is 0 Å². The van der Waals surface area contributed by atoms with E-state index in [2.05, 4.69) is 5.32 Å².